The number of carbonyl (C=O) groups excluding carboxylic acids is 1. The predicted molar refractivity (Wildman–Crippen MR) is 107 cm³/mol. The second-order valence-corrected chi connectivity index (χ2v) is 6.41. The summed E-state index contributed by atoms with van der Waals surface area (Å²) in [6.45, 7) is 1.32. The second kappa shape index (κ2) is 9.24. The molecule has 3 aromatic rings. The number of alkyl halides is 3. The summed E-state index contributed by atoms with van der Waals surface area (Å²) in [6.07, 6.45) is 0.678. The predicted octanol–water partition coefficient (Wildman–Crippen LogP) is 3.49. The van der Waals surface area contributed by atoms with Crippen molar-refractivity contribution in [2.45, 2.75) is 12.7 Å². The van der Waals surface area contributed by atoms with Gasteiger partial charge >= 0.3 is 12.1 Å². The number of carboxylic acid groups (broad SMARTS) is 1. The normalized spacial score (nSPS) is 13.2. The molecule has 2 N–H and O–H groups in total. The van der Waals surface area contributed by atoms with E-state index in [9.17, 15) is 18.0 Å². The first kappa shape index (κ1) is 21.8. The number of aromatic nitrogens is 3. The standard InChI is InChI=1S/C19H16N4O.C2HF3O2/c24-19-18-13-17(22-23(18)11-10-21-19)15-8-9-20-16(12-15)7-6-14-4-2-1-3-5-14;3-2(4,5)1(6)7/h1-9,12-13H,10-11H2,(H,21,24);(H,6,7)/b7-6+;. The number of rotatable bonds is 3. The lowest BCUT2D eigenvalue weighted by Gasteiger charge is -2.13. The van der Waals surface area contributed by atoms with Gasteiger partial charge in [-0.15, -0.1) is 0 Å². The summed E-state index contributed by atoms with van der Waals surface area (Å²) >= 11 is 0. The van der Waals surface area contributed by atoms with Crippen LogP contribution in [0.5, 0.6) is 0 Å². The number of hydrogen-bond donors (Lipinski definition) is 2. The number of nitrogens with zero attached hydrogens (tertiary/aromatic N) is 3. The van der Waals surface area contributed by atoms with E-state index < -0.39 is 12.1 Å². The quantitative estimate of drug-likeness (QED) is 0.663. The van der Waals surface area contributed by atoms with Crippen LogP contribution >= 0.6 is 0 Å². The van der Waals surface area contributed by atoms with Crippen molar-refractivity contribution in [2.75, 3.05) is 6.54 Å². The number of amides is 1. The Morgan fingerprint density at radius 2 is 1.84 bits per heavy atom. The highest BCUT2D eigenvalue weighted by molar-refractivity contribution is 5.94. The molecule has 10 heteroatoms. The lowest BCUT2D eigenvalue weighted by atomic mass is 10.1. The molecule has 3 heterocycles. The van der Waals surface area contributed by atoms with E-state index in [1.54, 1.807) is 10.9 Å². The van der Waals surface area contributed by atoms with Crippen LogP contribution in [0.3, 0.4) is 0 Å². The van der Waals surface area contributed by atoms with Crippen molar-refractivity contribution in [3.63, 3.8) is 0 Å². The fourth-order valence-electron chi connectivity index (χ4n) is 2.72. The Hall–Kier alpha value is -3.95. The number of pyridine rings is 1. The molecule has 0 radical (unpaired) electrons. The van der Waals surface area contributed by atoms with Crippen molar-refractivity contribution in [3.05, 3.63) is 71.7 Å². The summed E-state index contributed by atoms with van der Waals surface area (Å²) in [7, 11) is 0. The highest BCUT2D eigenvalue weighted by Crippen LogP contribution is 2.21. The molecule has 0 saturated carbocycles. The third kappa shape index (κ3) is 5.78. The van der Waals surface area contributed by atoms with Gasteiger partial charge in [0, 0.05) is 18.3 Å². The Morgan fingerprint density at radius 3 is 2.48 bits per heavy atom. The Morgan fingerprint density at radius 1 is 1.13 bits per heavy atom. The molecular formula is C21H17F3N4O3. The average Bonchev–Trinajstić information content (AvgIpc) is 3.19. The van der Waals surface area contributed by atoms with Crippen molar-refractivity contribution in [1.29, 1.82) is 0 Å². The molecule has 0 spiro atoms. The number of aliphatic carboxylic acids is 1. The number of fused-ring (bicyclic) bond motifs is 1. The van der Waals surface area contributed by atoms with Gasteiger partial charge in [-0.3, -0.25) is 14.5 Å². The number of nitrogens with one attached hydrogen (secondary N) is 1. The van der Waals surface area contributed by atoms with Gasteiger partial charge in [0.05, 0.1) is 17.9 Å². The van der Waals surface area contributed by atoms with E-state index in [-0.39, 0.29) is 5.91 Å². The van der Waals surface area contributed by atoms with Crippen LogP contribution in [-0.4, -0.2) is 44.5 Å². The van der Waals surface area contributed by atoms with Gasteiger partial charge in [0.1, 0.15) is 5.69 Å². The summed E-state index contributed by atoms with van der Waals surface area (Å²) in [5.41, 5.74) is 4.33. The van der Waals surface area contributed by atoms with Gasteiger partial charge in [0.2, 0.25) is 0 Å². The van der Waals surface area contributed by atoms with Crippen LogP contribution in [0.15, 0.2) is 54.7 Å². The van der Waals surface area contributed by atoms with Crippen molar-refractivity contribution in [1.82, 2.24) is 20.1 Å². The van der Waals surface area contributed by atoms with E-state index in [0.29, 0.717) is 18.8 Å². The number of carboxylic acids is 1. The lowest BCUT2D eigenvalue weighted by molar-refractivity contribution is -0.192. The van der Waals surface area contributed by atoms with Gasteiger partial charge < -0.3 is 10.4 Å². The molecule has 0 fully saturated rings. The Labute approximate surface area is 174 Å². The van der Waals surface area contributed by atoms with Crippen LogP contribution in [0.1, 0.15) is 21.7 Å². The van der Waals surface area contributed by atoms with E-state index >= 15 is 0 Å². The van der Waals surface area contributed by atoms with Gasteiger partial charge in [-0.25, -0.2) is 4.79 Å². The van der Waals surface area contributed by atoms with Crippen LogP contribution in [-0.2, 0) is 11.3 Å². The SMILES string of the molecule is O=C(O)C(F)(F)F.O=C1NCCn2nc(-c3ccnc(/C=C/c4ccccc4)c3)cc21. The smallest absolute Gasteiger partial charge is 0.475 e. The van der Waals surface area contributed by atoms with Crippen molar-refractivity contribution in [3.8, 4) is 11.3 Å². The van der Waals surface area contributed by atoms with Gasteiger partial charge in [-0.1, -0.05) is 36.4 Å². The lowest BCUT2D eigenvalue weighted by Crippen LogP contribution is -2.35. The maximum absolute atomic E-state index is 11.9. The minimum absolute atomic E-state index is 0.0711. The Kier molecular flexibility index (Phi) is 6.49. The first-order valence-electron chi connectivity index (χ1n) is 9.10. The summed E-state index contributed by atoms with van der Waals surface area (Å²) in [6, 6.07) is 15.8. The molecule has 2 aromatic heterocycles. The summed E-state index contributed by atoms with van der Waals surface area (Å²) < 4.78 is 33.5. The van der Waals surface area contributed by atoms with E-state index in [2.05, 4.69) is 15.4 Å². The van der Waals surface area contributed by atoms with Gasteiger partial charge in [-0.05, 0) is 29.8 Å². The zero-order valence-corrected chi connectivity index (χ0v) is 16.0. The first-order valence-corrected chi connectivity index (χ1v) is 9.10. The molecule has 0 aliphatic carbocycles. The molecule has 0 bridgehead atoms. The van der Waals surface area contributed by atoms with Gasteiger partial charge in [-0.2, -0.15) is 18.3 Å². The monoisotopic (exact) mass is 430 g/mol. The van der Waals surface area contributed by atoms with Gasteiger partial charge in [0.15, 0.2) is 0 Å². The van der Waals surface area contributed by atoms with Gasteiger partial charge in [0.25, 0.3) is 5.91 Å². The Bertz CT molecular complexity index is 1110. The highest BCUT2D eigenvalue weighted by Gasteiger charge is 2.38. The molecule has 7 nitrogen and oxygen atoms in total. The molecule has 0 atom stereocenters. The van der Waals surface area contributed by atoms with Crippen LogP contribution in [0.4, 0.5) is 13.2 Å². The summed E-state index contributed by atoms with van der Waals surface area (Å²) in [5.74, 6) is -2.83. The molecular weight excluding hydrogens is 413 g/mol. The van der Waals surface area contributed by atoms with Crippen molar-refractivity contribution < 1.29 is 27.9 Å². The largest absolute Gasteiger partial charge is 0.490 e. The zero-order chi connectivity index (χ0) is 22.4. The minimum Gasteiger partial charge on any atom is -0.475 e. The van der Waals surface area contributed by atoms with Crippen molar-refractivity contribution >= 4 is 24.0 Å². The minimum atomic E-state index is -5.08. The third-order valence-corrected chi connectivity index (χ3v) is 4.19. The van der Waals surface area contributed by atoms with E-state index in [1.165, 1.54) is 0 Å². The molecule has 4 rings (SSSR count). The van der Waals surface area contributed by atoms with Crippen molar-refractivity contribution in [2.24, 2.45) is 0 Å². The number of carbonyl (C=O) groups is 2. The molecule has 0 saturated heterocycles. The third-order valence-electron chi connectivity index (χ3n) is 4.19. The molecule has 1 aromatic carbocycles. The topological polar surface area (TPSA) is 97.1 Å². The maximum atomic E-state index is 11.9. The van der Waals surface area contributed by atoms with Crippen LogP contribution in [0.2, 0.25) is 0 Å². The molecule has 31 heavy (non-hydrogen) atoms. The summed E-state index contributed by atoms with van der Waals surface area (Å²) in [4.78, 5) is 25.1. The van der Waals surface area contributed by atoms with Crippen LogP contribution < -0.4 is 5.32 Å². The maximum Gasteiger partial charge on any atom is 0.490 e. The molecule has 1 aliphatic rings. The molecule has 1 amide bonds. The fourth-order valence-corrected chi connectivity index (χ4v) is 2.72. The molecule has 160 valence electrons. The van der Waals surface area contributed by atoms with Crippen LogP contribution in [0.25, 0.3) is 23.4 Å². The zero-order valence-electron chi connectivity index (χ0n) is 16.0. The second-order valence-electron chi connectivity index (χ2n) is 6.41. The molecule has 0 unspecified atom stereocenters. The number of benzene rings is 1. The van der Waals surface area contributed by atoms with E-state index in [1.807, 2.05) is 60.7 Å². The fraction of sp³-hybridized carbons (Fsp3) is 0.143. The summed E-state index contributed by atoms with van der Waals surface area (Å²) in [5, 5.41) is 14.5. The number of halogens is 3. The first-order chi connectivity index (χ1) is 14.7. The molecule has 1 aliphatic heterocycles. The van der Waals surface area contributed by atoms with E-state index in [0.717, 1.165) is 22.5 Å². The highest BCUT2D eigenvalue weighted by atomic mass is 19.4. The Balaban J connectivity index is 0.000000339. The van der Waals surface area contributed by atoms with Crippen LogP contribution in [0, 0.1) is 0 Å². The number of hydrogen-bond acceptors (Lipinski definition) is 4. The average molecular weight is 430 g/mol. The van der Waals surface area contributed by atoms with E-state index in [4.69, 9.17) is 9.90 Å².